The first kappa shape index (κ1) is 15.9. The predicted molar refractivity (Wildman–Crippen MR) is 91.5 cm³/mol. The van der Waals surface area contributed by atoms with Gasteiger partial charge in [-0.25, -0.2) is 4.39 Å². The van der Waals surface area contributed by atoms with E-state index in [0.29, 0.717) is 11.7 Å². The summed E-state index contributed by atoms with van der Waals surface area (Å²) in [6.07, 6.45) is 0. The Kier molecular flexibility index (Phi) is 5.70. The summed E-state index contributed by atoms with van der Waals surface area (Å²) in [6, 6.07) is 14.5. The van der Waals surface area contributed by atoms with Crippen molar-refractivity contribution >= 4 is 33.3 Å². The van der Waals surface area contributed by atoms with Crippen LogP contribution in [0.3, 0.4) is 0 Å². The van der Waals surface area contributed by atoms with Gasteiger partial charge in [-0.05, 0) is 48.5 Å². The second-order valence-corrected chi connectivity index (χ2v) is 5.96. The van der Waals surface area contributed by atoms with E-state index < -0.39 is 0 Å². The van der Waals surface area contributed by atoms with E-state index in [-0.39, 0.29) is 11.9 Å². The average Bonchev–Trinajstić information content (AvgIpc) is 2.47. The van der Waals surface area contributed by atoms with Crippen LogP contribution in [0.5, 0.6) is 0 Å². The van der Waals surface area contributed by atoms with Crippen molar-refractivity contribution in [2.45, 2.75) is 19.5 Å². The molecule has 2 aromatic carbocycles. The Hall–Kier alpha value is -1.46. The van der Waals surface area contributed by atoms with E-state index in [1.165, 1.54) is 12.1 Å². The van der Waals surface area contributed by atoms with Crippen LogP contribution >= 0.6 is 28.1 Å². The molecule has 0 aliphatic rings. The number of halogens is 2. The molecule has 2 rings (SSSR count). The summed E-state index contributed by atoms with van der Waals surface area (Å²) < 4.78 is 13.9. The molecule has 2 N–H and O–H groups in total. The highest BCUT2D eigenvalue weighted by Gasteiger charge is 2.09. The van der Waals surface area contributed by atoms with Crippen LogP contribution < -0.4 is 10.6 Å². The monoisotopic (exact) mass is 366 g/mol. The van der Waals surface area contributed by atoms with E-state index in [9.17, 15) is 4.39 Å². The highest BCUT2D eigenvalue weighted by Crippen LogP contribution is 2.22. The van der Waals surface area contributed by atoms with Gasteiger partial charge in [-0.1, -0.05) is 46.3 Å². The lowest BCUT2D eigenvalue weighted by atomic mass is 10.1. The average molecular weight is 367 g/mol. The molecule has 0 radical (unpaired) electrons. The van der Waals surface area contributed by atoms with E-state index in [2.05, 4.69) is 26.6 Å². The Labute approximate surface area is 137 Å². The Balaban J connectivity index is 1.87. The van der Waals surface area contributed by atoms with Gasteiger partial charge in [0.15, 0.2) is 5.11 Å². The lowest BCUT2D eigenvalue weighted by Gasteiger charge is -2.18. The van der Waals surface area contributed by atoms with Crippen molar-refractivity contribution in [1.82, 2.24) is 10.6 Å². The quantitative estimate of drug-likeness (QED) is 0.788. The van der Waals surface area contributed by atoms with Crippen LogP contribution in [0.2, 0.25) is 0 Å². The fourth-order valence-corrected chi connectivity index (χ4v) is 2.81. The number of thiocarbonyl (C=S) groups is 1. The van der Waals surface area contributed by atoms with Gasteiger partial charge in [0, 0.05) is 11.0 Å². The van der Waals surface area contributed by atoms with Crippen molar-refractivity contribution in [2.75, 3.05) is 0 Å². The van der Waals surface area contributed by atoms with Crippen LogP contribution in [0.4, 0.5) is 4.39 Å². The lowest BCUT2D eigenvalue weighted by Crippen LogP contribution is -2.36. The summed E-state index contributed by atoms with van der Waals surface area (Å²) in [4.78, 5) is 0. The minimum absolute atomic E-state index is 0.0915. The minimum Gasteiger partial charge on any atom is -0.359 e. The van der Waals surface area contributed by atoms with Gasteiger partial charge in [0.05, 0.1) is 6.04 Å². The molecule has 21 heavy (non-hydrogen) atoms. The van der Waals surface area contributed by atoms with E-state index in [0.717, 1.165) is 15.6 Å². The van der Waals surface area contributed by atoms with Crippen LogP contribution in [0.15, 0.2) is 53.0 Å². The van der Waals surface area contributed by atoms with Gasteiger partial charge in [0.1, 0.15) is 5.82 Å². The normalized spacial score (nSPS) is 11.8. The molecule has 0 heterocycles. The smallest absolute Gasteiger partial charge is 0.167 e. The first-order chi connectivity index (χ1) is 10.1. The molecule has 0 spiro atoms. The zero-order valence-corrected chi connectivity index (χ0v) is 14.0. The maximum absolute atomic E-state index is 12.8. The van der Waals surface area contributed by atoms with Crippen molar-refractivity contribution in [3.05, 3.63) is 69.9 Å². The van der Waals surface area contributed by atoms with Gasteiger partial charge in [-0.3, -0.25) is 0 Å². The summed E-state index contributed by atoms with van der Waals surface area (Å²) in [5.74, 6) is -0.234. The predicted octanol–water partition coefficient (Wildman–Crippen LogP) is 4.31. The zero-order valence-electron chi connectivity index (χ0n) is 11.6. The molecule has 0 bridgehead atoms. The third kappa shape index (κ3) is 4.79. The molecule has 5 heteroatoms. The third-order valence-electron chi connectivity index (χ3n) is 3.09. The Morgan fingerprint density at radius 1 is 1.19 bits per heavy atom. The summed E-state index contributed by atoms with van der Waals surface area (Å²) in [5, 5.41) is 6.93. The maximum atomic E-state index is 12.8. The molecule has 0 aliphatic heterocycles. The van der Waals surface area contributed by atoms with E-state index >= 15 is 0 Å². The molecule has 2 nitrogen and oxygen atoms in total. The van der Waals surface area contributed by atoms with Crippen molar-refractivity contribution in [1.29, 1.82) is 0 Å². The molecule has 1 atom stereocenters. The van der Waals surface area contributed by atoms with Crippen LogP contribution in [0, 0.1) is 5.82 Å². The Bertz CT molecular complexity index is 616. The largest absolute Gasteiger partial charge is 0.359 e. The number of rotatable bonds is 4. The number of hydrogen-bond acceptors (Lipinski definition) is 1. The summed E-state index contributed by atoms with van der Waals surface area (Å²) in [5.41, 5.74) is 2.12. The van der Waals surface area contributed by atoms with Gasteiger partial charge in [-0.15, -0.1) is 0 Å². The zero-order chi connectivity index (χ0) is 15.2. The van der Waals surface area contributed by atoms with Crippen LogP contribution in [-0.4, -0.2) is 5.11 Å². The van der Waals surface area contributed by atoms with Gasteiger partial charge in [0.25, 0.3) is 0 Å². The molecule has 0 saturated heterocycles. The standard InChI is InChI=1S/C16H16BrFN2S/c1-11(14-4-2-3-5-15(14)17)20-16(21)19-10-12-6-8-13(18)9-7-12/h2-9,11H,10H2,1H3,(H2,19,20,21)/t11-/m1/s1. The SMILES string of the molecule is C[C@@H](NC(=S)NCc1ccc(F)cc1)c1ccccc1Br. The van der Waals surface area contributed by atoms with E-state index in [1.807, 2.05) is 31.2 Å². The molecular formula is C16H16BrFN2S. The van der Waals surface area contributed by atoms with E-state index in [1.54, 1.807) is 12.1 Å². The van der Waals surface area contributed by atoms with Crippen molar-refractivity contribution in [3.63, 3.8) is 0 Å². The summed E-state index contributed by atoms with van der Waals surface area (Å²) in [6.45, 7) is 2.61. The fourth-order valence-electron chi connectivity index (χ4n) is 1.94. The topological polar surface area (TPSA) is 24.1 Å². The molecule has 0 aliphatic carbocycles. The molecule has 0 unspecified atom stereocenters. The molecule has 0 aromatic heterocycles. The highest BCUT2D eigenvalue weighted by atomic mass is 79.9. The lowest BCUT2D eigenvalue weighted by molar-refractivity contribution is 0.626. The summed E-state index contributed by atoms with van der Waals surface area (Å²) in [7, 11) is 0. The molecule has 110 valence electrons. The van der Waals surface area contributed by atoms with Gasteiger partial charge in [0.2, 0.25) is 0 Å². The Morgan fingerprint density at radius 2 is 1.86 bits per heavy atom. The first-order valence-electron chi connectivity index (χ1n) is 6.59. The van der Waals surface area contributed by atoms with E-state index in [4.69, 9.17) is 12.2 Å². The molecule has 0 amide bonds. The molecule has 2 aromatic rings. The second kappa shape index (κ2) is 7.52. The fraction of sp³-hybridized carbons (Fsp3) is 0.188. The van der Waals surface area contributed by atoms with Crippen molar-refractivity contribution in [3.8, 4) is 0 Å². The molecular weight excluding hydrogens is 351 g/mol. The van der Waals surface area contributed by atoms with Crippen LogP contribution in [0.25, 0.3) is 0 Å². The first-order valence-corrected chi connectivity index (χ1v) is 7.79. The van der Waals surface area contributed by atoms with Crippen molar-refractivity contribution in [2.24, 2.45) is 0 Å². The van der Waals surface area contributed by atoms with Crippen LogP contribution in [-0.2, 0) is 6.54 Å². The molecule has 0 fully saturated rings. The summed E-state index contributed by atoms with van der Waals surface area (Å²) >= 11 is 8.82. The third-order valence-corrected chi connectivity index (χ3v) is 4.07. The number of nitrogens with one attached hydrogen (secondary N) is 2. The van der Waals surface area contributed by atoms with Gasteiger partial charge < -0.3 is 10.6 Å². The van der Waals surface area contributed by atoms with Gasteiger partial charge in [-0.2, -0.15) is 0 Å². The second-order valence-electron chi connectivity index (χ2n) is 4.70. The number of hydrogen-bond donors (Lipinski definition) is 2. The van der Waals surface area contributed by atoms with Crippen molar-refractivity contribution < 1.29 is 4.39 Å². The highest BCUT2D eigenvalue weighted by molar-refractivity contribution is 9.10. The molecule has 0 saturated carbocycles. The number of benzene rings is 2. The Morgan fingerprint density at radius 3 is 2.52 bits per heavy atom. The minimum atomic E-state index is -0.234. The van der Waals surface area contributed by atoms with Crippen LogP contribution in [0.1, 0.15) is 24.1 Å². The maximum Gasteiger partial charge on any atom is 0.167 e. The van der Waals surface area contributed by atoms with Gasteiger partial charge >= 0.3 is 0 Å².